The Hall–Kier alpha value is -2.33. The maximum atomic E-state index is 9.10. The number of nitriles is 1. The average Bonchev–Trinajstić information content (AvgIpc) is 2.42. The number of rotatable bonds is 5. The highest BCUT2D eigenvalue weighted by Gasteiger charge is 2.02. The molecule has 1 aromatic carbocycles. The van der Waals surface area contributed by atoms with Crippen molar-refractivity contribution in [2.45, 2.75) is 20.3 Å². The zero-order valence-corrected chi connectivity index (χ0v) is 11.6. The number of benzene rings is 1. The van der Waals surface area contributed by atoms with Crippen molar-refractivity contribution in [2.24, 2.45) is 0 Å². The van der Waals surface area contributed by atoms with Crippen molar-refractivity contribution in [2.75, 3.05) is 0 Å². The predicted octanol–water partition coefficient (Wildman–Crippen LogP) is 5.04. The molecule has 96 valence electrons. The Morgan fingerprint density at radius 2 is 1.95 bits per heavy atom. The SMILES string of the molecule is C=CC/C(=C/C=C(\C)c1ccccc1C#N)C(=C)C. The lowest BCUT2D eigenvalue weighted by atomic mass is 9.99. The lowest BCUT2D eigenvalue weighted by Gasteiger charge is -2.05. The smallest absolute Gasteiger partial charge is 0.0998 e. The Morgan fingerprint density at radius 1 is 1.26 bits per heavy atom. The minimum Gasteiger partial charge on any atom is -0.192 e. The van der Waals surface area contributed by atoms with E-state index in [0.717, 1.165) is 28.7 Å². The van der Waals surface area contributed by atoms with E-state index >= 15 is 0 Å². The molecule has 0 saturated carbocycles. The van der Waals surface area contributed by atoms with E-state index in [1.807, 2.05) is 56.3 Å². The van der Waals surface area contributed by atoms with Crippen LogP contribution in [-0.2, 0) is 0 Å². The third-order valence-electron chi connectivity index (χ3n) is 2.92. The number of nitrogens with zero attached hydrogens (tertiary/aromatic N) is 1. The summed E-state index contributed by atoms with van der Waals surface area (Å²) in [5, 5.41) is 9.10. The molecule has 1 nitrogen and oxygen atoms in total. The molecule has 0 bridgehead atoms. The number of hydrogen-bond acceptors (Lipinski definition) is 1. The maximum absolute atomic E-state index is 9.10. The Bertz CT molecular complexity index is 580. The summed E-state index contributed by atoms with van der Waals surface area (Å²) in [6, 6.07) is 9.84. The fourth-order valence-electron chi connectivity index (χ4n) is 1.78. The summed E-state index contributed by atoms with van der Waals surface area (Å²) in [6.07, 6.45) is 6.75. The molecule has 0 radical (unpaired) electrons. The van der Waals surface area contributed by atoms with Crippen molar-refractivity contribution >= 4 is 5.57 Å². The first-order chi connectivity index (χ1) is 9.10. The Morgan fingerprint density at radius 3 is 2.53 bits per heavy atom. The zero-order chi connectivity index (χ0) is 14.3. The van der Waals surface area contributed by atoms with Crippen LogP contribution in [0.15, 0.2) is 66.8 Å². The van der Waals surface area contributed by atoms with Crippen molar-refractivity contribution in [3.8, 4) is 6.07 Å². The second kappa shape index (κ2) is 7.18. The van der Waals surface area contributed by atoms with Gasteiger partial charge in [-0.25, -0.2) is 0 Å². The lowest BCUT2D eigenvalue weighted by molar-refractivity contribution is 1.22. The predicted molar refractivity (Wildman–Crippen MR) is 82.5 cm³/mol. The van der Waals surface area contributed by atoms with Crippen molar-refractivity contribution in [3.63, 3.8) is 0 Å². The molecule has 0 fully saturated rings. The highest BCUT2D eigenvalue weighted by atomic mass is 14.2. The largest absolute Gasteiger partial charge is 0.192 e. The van der Waals surface area contributed by atoms with Crippen LogP contribution in [0.25, 0.3) is 5.57 Å². The molecular formula is C18H19N. The van der Waals surface area contributed by atoms with Crippen LogP contribution in [0.1, 0.15) is 31.4 Å². The standard InChI is InChI=1S/C18H19N/c1-5-8-16(14(2)3)12-11-15(4)18-10-7-6-9-17(18)13-19/h5-7,9-12H,1-2,8H2,3-4H3/b15-11+,16-12-. The fraction of sp³-hybridized carbons (Fsp3) is 0.167. The number of hydrogen-bond donors (Lipinski definition) is 0. The summed E-state index contributed by atoms with van der Waals surface area (Å²) < 4.78 is 0. The Labute approximate surface area is 115 Å². The molecule has 0 saturated heterocycles. The fourth-order valence-corrected chi connectivity index (χ4v) is 1.78. The van der Waals surface area contributed by atoms with Crippen LogP contribution in [0, 0.1) is 11.3 Å². The van der Waals surface area contributed by atoms with Crippen LogP contribution in [0.2, 0.25) is 0 Å². The van der Waals surface area contributed by atoms with E-state index in [2.05, 4.69) is 19.2 Å². The molecule has 0 amide bonds. The van der Waals surface area contributed by atoms with E-state index in [9.17, 15) is 0 Å². The molecule has 0 aliphatic carbocycles. The van der Waals surface area contributed by atoms with E-state index in [-0.39, 0.29) is 0 Å². The summed E-state index contributed by atoms with van der Waals surface area (Å²) in [7, 11) is 0. The molecule has 0 aliphatic heterocycles. The van der Waals surface area contributed by atoms with Gasteiger partial charge in [0.1, 0.15) is 0 Å². The summed E-state index contributed by atoms with van der Waals surface area (Å²) in [4.78, 5) is 0. The minimum atomic E-state index is 0.699. The Balaban J connectivity index is 3.12. The summed E-state index contributed by atoms with van der Waals surface area (Å²) >= 11 is 0. The molecule has 0 N–H and O–H groups in total. The van der Waals surface area contributed by atoms with Gasteiger partial charge in [-0.1, -0.05) is 48.6 Å². The molecule has 0 heterocycles. The van der Waals surface area contributed by atoms with E-state index in [0.29, 0.717) is 5.56 Å². The molecule has 1 rings (SSSR count). The van der Waals surface area contributed by atoms with Gasteiger partial charge < -0.3 is 0 Å². The average molecular weight is 249 g/mol. The van der Waals surface area contributed by atoms with Crippen LogP contribution >= 0.6 is 0 Å². The molecular weight excluding hydrogens is 230 g/mol. The lowest BCUT2D eigenvalue weighted by Crippen LogP contribution is -1.86. The van der Waals surface area contributed by atoms with Gasteiger partial charge in [0.2, 0.25) is 0 Å². The molecule has 0 unspecified atom stereocenters. The van der Waals surface area contributed by atoms with Gasteiger partial charge in [-0.05, 0) is 43.0 Å². The van der Waals surface area contributed by atoms with Crippen molar-refractivity contribution in [3.05, 3.63) is 77.9 Å². The molecule has 0 spiro atoms. The first-order valence-electron chi connectivity index (χ1n) is 6.24. The van der Waals surface area contributed by atoms with Crippen molar-refractivity contribution in [1.82, 2.24) is 0 Å². The Kier molecular flexibility index (Phi) is 5.57. The second-order valence-electron chi connectivity index (χ2n) is 4.47. The molecule has 0 aliphatic rings. The van der Waals surface area contributed by atoms with Crippen LogP contribution in [-0.4, -0.2) is 0 Å². The van der Waals surface area contributed by atoms with Gasteiger partial charge in [-0.3, -0.25) is 0 Å². The first kappa shape index (κ1) is 14.7. The van der Waals surface area contributed by atoms with E-state index in [4.69, 9.17) is 5.26 Å². The summed E-state index contributed by atoms with van der Waals surface area (Å²) in [6.45, 7) is 11.7. The molecule has 0 aromatic heterocycles. The molecule has 1 heteroatoms. The van der Waals surface area contributed by atoms with Gasteiger partial charge in [0.15, 0.2) is 0 Å². The molecule has 0 atom stereocenters. The monoisotopic (exact) mass is 249 g/mol. The third-order valence-corrected chi connectivity index (χ3v) is 2.92. The summed E-state index contributed by atoms with van der Waals surface area (Å²) in [5.41, 5.74) is 4.94. The summed E-state index contributed by atoms with van der Waals surface area (Å²) in [5.74, 6) is 0. The van der Waals surface area contributed by atoms with Crippen LogP contribution in [0.4, 0.5) is 0 Å². The van der Waals surface area contributed by atoms with Crippen LogP contribution in [0.3, 0.4) is 0 Å². The normalized spacial score (nSPS) is 11.8. The highest BCUT2D eigenvalue weighted by Crippen LogP contribution is 2.20. The highest BCUT2D eigenvalue weighted by molar-refractivity contribution is 5.70. The minimum absolute atomic E-state index is 0.699. The van der Waals surface area contributed by atoms with E-state index in [1.54, 1.807) is 0 Å². The van der Waals surface area contributed by atoms with Gasteiger partial charge >= 0.3 is 0 Å². The van der Waals surface area contributed by atoms with Gasteiger partial charge in [-0.15, -0.1) is 6.58 Å². The van der Waals surface area contributed by atoms with Gasteiger partial charge in [0.05, 0.1) is 11.6 Å². The van der Waals surface area contributed by atoms with Gasteiger partial charge in [0, 0.05) is 0 Å². The quantitative estimate of drug-likeness (QED) is 0.529. The van der Waals surface area contributed by atoms with Crippen molar-refractivity contribution < 1.29 is 0 Å². The molecule has 1 aromatic rings. The van der Waals surface area contributed by atoms with Crippen molar-refractivity contribution in [1.29, 1.82) is 5.26 Å². The van der Waals surface area contributed by atoms with E-state index < -0.39 is 0 Å². The van der Waals surface area contributed by atoms with Gasteiger partial charge in [-0.2, -0.15) is 5.26 Å². The van der Waals surface area contributed by atoms with Crippen LogP contribution < -0.4 is 0 Å². The molecule has 19 heavy (non-hydrogen) atoms. The van der Waals surface area contributed by atoms with Crippen LogP contribution in [0.5, 0.6) is 0 Å². The number of allylic oxidation sites excluding steroid dienone is 6. The zero-order valence-electron chi connectivity index (χ0n) is 11.6. The topological polar surface area (TPSA) is 23.8 Å². The first-order valence-corrected chi connectivity index (χ1v) is 6.24. The van der Waals surface area contributed by atoms with E-state index in [1.165, 1.54) is 0 Å². The van der Waals surface area contributed by atoms with Gasteiger partial charge in [0.25, 0.3) is 0 Å². The second-order valence-corrected chi connectivity index (χ2v) is 4.47. The third kappa shape index (κ3) is 4.12. The maximum Gasteiger partial charge on any atom is 0.0998 e.